The molecule has 27 heavy (non-hydrogen) atoms. The van der Waals surface area contributed by atoms with Gasteiger partial charge in [0, 0.05) is 52.4 Å². The van der Waals surface area contributed by atoms with Gasteiger partial charge in [-0.15, -0.1) is 24.0 Å². The normalized spacial score (nSPS) is 17.7. The summed E-state index contributed by atoms with van der Waals surface area (Å²) in [6.07, 6.45) is 2.14. The smallest absolute Gasteiger partial charge is 0.241 e. The Morgan fingerprint density at radius 1 is 1.07 bits per heavy atom. The molecule has 2 heterocycles. The number of carbonyl (C=O) groups excluding carboxylic acids is 1. The number of hydrogen-bond donors (Lipinski definition) is 1. The average Bonchev–Trinajstić information content (AvgIpc) is 3.19. The quantitative estimate of drug-likeness (QED) is 0.397. The minimum absolute atomic E-state index is 0. The highest BCUT2D eigenvalue weighted by molar-refractivity contribution is 14.0. The fourth-order valence-corrected chi connectivity index (χ4v) is 3.45. The maximum Gasteiger partial charge on any atom is 0.241 e. The molecule has 2 aliphatic rings. The minimum atomic E-state index is -0.443. The molecule has 9 heteroatoms. The molecule has 0 bridgehead atoms. The number of likely N-dealkylation sites (tertiary alicyclic amines) is 1. The van der Waals surface area contributed by atoms with Gasteiger partial charge in [-0.25, -0.2) is 8.78 Å². The van der Waals surface area contributed by atoms with Crippen molar-refractivity contribution < 1.29 is 13.6 Å². The highest BCUT2D eigenvalue weighted by atomic mass is 127. The predicted molar refractivity (Wildman–Crippen MR) is 113 cm³/mol. The van der Waals surface area contributed by atoms with E-state index in [1.165, 1.54) is 6.07 Å². The number of anilines is 1. The third kappa shape index (κ3) is 5.43. The molecule has 6 nitrogen and oxygen atoms in total. The van der Waals surface area contributed by atoms with Gasteiger partial charge < -0.3 is 20.0 Å². The van der Waals surface area contributed by atoms with Crippen molar-refractivity contribution in [2.24, 2.45) is 4.99 Å². The van der Waals surface area contributed by atoms with Crippen molar-refractivity contribution in [2.75, 3.05) is 57.8 Å². The Morgan fingerprint density at radius 3 is 2.37 bits per heavy atom. The molecule has 0 spiro atoms. The molecule has 0 atom stereocenters. The zero-order valence-corrected chi connectivity index (χ0v) is 17.8. The molecule has 1 aromatic rings. The van der Waals surface area contributed by atoms with Crippen molar-refractivity contribution in [3.8, 4) is 0 Å². The van der Waals surface area contributed by atoms with Crippen molar-refractivity contribution in [2.45, 2.75) is 12.8 Å². The van der Waals surface area contributed by atoms with Crippen molar-refractivity contribution in [3.05, 3.63) is 29.8 Å². The molecule has 0 aliphatic carbocycles. The number of aliphatic imine (C=N–C) groups is 1. The number of piperazine rings is 1. The predicted octanol–water partition coefficient (Wildman–Crippen LogP) is 1.90. The van der Waals surface area contributed by atoms with Crippen LogP contribution in [0.15, 0.2) is 23.2 Å². The maximum absolute atomic E-state index is 13.9. The first-order chi connectivity index (χ1) is 12.6. The van der Waals surface area contributed by atoms with E-state index in [-0.39, 0.29) is 42.1 Å². The number of halogens is 3. The first-order valence-electron chi connectivity index (χ1n) is 9.02. The van der Waals surface area contributed by atoms with E-state index in [0.29, 0.717) is 32.1 Å². The Bertz CT molecular complexity index is 674. The van der Waals surface area contributed by atoms with Crippen LogP contribution in [-0.2, 0) is 4.79 Å². The zero-order valence-electron chi connectivity index (χ0n) is 15.5. The first-order valence-corrected chi connectivity index (χ1v) is 9.02. The molecule has 2 aliphatic heterocycles. The molecule has 1 amide bonds. The van der Waals surface area contributed by atoms with Crippen LogP contribution in [0.2, 0.25) is 0 Å². The number of nitrogens with one attached hydrogen (secondary N) is 1. The summed E-state index contributed by atoms with van der Waals surface area (Å²) in [5, 5.41) is 3.12. The van der Waals surface area contributed by atoms with Gasteiger partial charge >= 0.3 is 0 Å². The van der Waals surface area contributed by atoms with Gasteiger partial charge in [-0.2, -0.15) is 0 Å². The molecule has 2 saturated heterocycles. The Balaban J connectivity index is 0.00000261. The standard InChI is InChI=1S/C18H25F2N5O.HI/c1-21-18(22-13-17(26)24-6-2-3-7-24)25-10-8-23(9-11-25)16-12-14(19)4-5-15(16)20;/h4-5,12H,2-3,6-11,13H2,1H3,(H,21,22);1H. The molecule has 3 rings (SSSR count). The highest BCUT2D eigenvalue weighted by Crippen LogP contribution is 2.21. The Labute approximate surface area is 175 Å². The van der Waals surface area contributed by atoms with Gasteiger partial charge in [0.1, 0.15) is 11.6 Å². The summed E-state index contributed by atoms with van der Waals surface area (Å²) in [6.45, 7) is 4.24. The molecule has 0 aromatic heterocycles. The summed E-state index contributed by atoms with van der Waals surface area (Å²) in [6, 6.07) is 3.51. The third-order valence-electron chi connectivity index (χ3n) is 4.90. The third-order valence-corrected chi connectivity index (χ3v) is 4.90. The molecule has 1 aromatic carbocycles. The maximum atomic E-state index is 13.9. The Hall–Kier alpha value is -1.65. The van der Waals surface area contributed by atoms with Crippen LogP contribution in [-0.4, -0.2) is 74.5 Å². The molecular formula is C18H26F2IN5O. The van der Waals surface area contributed by atoms with Crippen molar-refractivity contribution in [3.63, 3.8) is 0 Å². The number of nitrogens with zero attached hydrogens (tertiary/aromatic N) is 4. The molecule has 0 saturated carbocycles. The van der Waals surface area contributed by atoms with E-state index >= 15 is 0 Å². The van der Waals surface area contributed by atoms with Gasteiger partial charge in [-0.05, 0) is 25.0 Å². The summed E-state index contributed by atoms with van der Waals surface area (Å²) < 4.78 is 27.3. The second-order valence-corrected chi connectivity index (χ2v) is 6.56. The molecule has 1 N–H and O–H groups in total. The first kappa shape index (κ1) is 21.6. The summed E-state index contributed by atoms with van der Waals surface area (Å²) in [4.78, 5) is 22.1. The van der Waals surface area contributed by atoms with E-state index in [2.05, 4.69) is 10.3 Å². The van der Waals surface area contributed by atoms with Crippen LogP contribution in [0.1, 0.15) is 12.8 Å². The van der Waals surface area contributed by atoms with Crippen molar-refractivity contribution in [1.82, 2.24) is 15.1 Å². The van der Waals surface area contributed by atoms with E-state index in [9.17, 15) is 13.6 Å². The summed E-state index contributed by atoms with van der Waals surface area (Å²) in [5.41, 5.74) is 0.289. The average molecular weight is 493 g/mol. The van der Waals surface area contributed by atoms with Crippen LogP contribution in [0.3, 0.4) is 0 Å². The van der Waals surface area contributed by atoms with Crippen LogP contribution < -0.4 is 10.2 Å². The number of amides is 1. The summed E-state index contributed by atoms with van der Waals surface area (Å²) in [7, 11) is 1.68. The topological polar surface area (TPSA) is 51.2 Å². The van der Waals surface area contributed by atoms with Crippen molar-refractivity contribution >= 4 is 41.5 Å². The van der Waals surface area contributed by atoms with Gasteiger partial charge in [0.05, 0.1) is 12.2 Å². The molecule has 2 fully saturated rings. The lowest BCUT2D eigenvalue weighted by Crippen LogP contribution is -2.54. The van der Waals surface area contributed by atoms with Crippen molar-refractivity contribution in [1.29, 1.82) is 0 Å². The van der Waals surface area contributed by atoms with Crippen LogP contribution in [0, 0.1) is 11.6 Å². The van der Waals surface area contributed by atoms with Gasteiger partial charge in [0.2, 0.25) is 5.91 Å². The number of guanidine groups is 1. The Morgan fingerprint density at radius 2 is 1.74 bits per heavy atom. The fraction of sp³-hybridized carbons (Fsp3) is 0.556. The summed E-state index contributed by atoms with van der Waals surface area (Å²) >= 11 is 0. The van der Waals surface area contributed by atoms with Gasteiger partial charge in [-0.1, -0.05) is 0 Å². The van der Waals surface area contributed by atoms with Crippen LogP contribution in [0.5, 0.6) is 0 Å². The second-order valence-electron chi connectivity index (χ2n) is 6.56. The number of benzene rings is 1. The lowest BCUT2D eigenvalue weighted by molar-refractivity contribution is -0.128. The summed E-state index contributed by atoms with van der Waals surface area (Å²) in [5.74, 6) is -0.110. The van der Waals surface area contributed by atoms with E-state index in [0.717, 1.165) is 38.1 Å². The zero-order chi connectivity index (χ0) is 18.5. The Kier molecular flexibility index (Phi) is 8.06. The van der Waals surface area contributed by atoms with Crippen LogP contribution in [0.4, 0.5) is 14.5 Å². The van der Waals surface area contributed by atoms with Crippen LogP contribution >= 0.6 is 24.0 Å². The molecule has 0 unspecified atom stereocenters. The van der Waals surface area contributed by atoms with E-state index in [4.69, 9.17) is 0 Å². The second kappa shape index (κ2) is 10.0. The van der Waals surface area contributed by atoms with Crippen LogP contribution in [0.25, 0.3) is 0 Å². The lowest BCUT2D eigenvalue weighted by atomic mass is 10.2. The number of hydrogen-bond acceptors (Lipinski definition) is 3. The fourth-order valence-electron chi connectivity index (χ4n) is 3.45. The molecule has 150 valence electrons. The molecular weight excluding hydrogens is 467 g/mol. The highest BCUT2D eigenvalue weighted by Gasteiger charge is 2.23. The SMILES string of the molecule is CN=C(NCC(=O)N1CCCC1)N1CCN(c2cc(F)ccc2F)CC1.I. The minimum Gasteiger partial charge on any atom is -0.366 e. The van der Waals surface area contributed by atoms with E-state index < -0.39 is 11.6 Å². The largest absolute Gasteiger partial charge is 0.366 e. The monoisotopic (exact) mass is 493 g/mol. The molecule has 0 radical (unpaired) electrons. The number of carbonyl (C=O) groups is 1. The number of rotatable bonds is 3. The van der Waals surface area contributed by atoms with E-state index in [1.54, 1.807) is 7.05 Å². The van der Waals surface area contributed by atoms with E-state index in [1.807, 2.05) is 14.7 Å². The van der Waals surface area contributed by atoms with Gasteiger partial charge in [-0.3, -0.25) is 9.79 Å². The van der Waals surface area contributed by atoms with Gasteiger partial charge in [0.15, 0.2) is 5.96 Å². The van der Waals surface area contributed by atoms with Gasteiger partial charge in [0.25, 0.3) is 0 Å². The lowest BCUT2D eigenvalue weighted by Gasteiger charge is -2.37.